The van der Waals surface area contributed by atoms with Crippen LogP contribution < -0.4 is 0 Å². The van der Waals surface area contributed by atoms with E-state index >= 15 is 0 Å². The summed E-state index contributed by atoms with van der Waals surface area (Å²) in [6.45, 7) is 1.72. The highest BCUT2D eigenvalue weighted by molar-refractivity contribution is 5.34. The number of halogens is 1. The predicted octanol–water partition coefficient (Wildman–Crippen LogP) is 1.83. The topological polar surface area (TPSA) is 38.0 Å². The van der Waals surface area contributed by atoms with E-state index in [1.807, 2.05) is 0 Å². The molecule has 0 bridgehead atoms. The van der Waals surface area contributed by atoms with Gasteiger partial charge in [0.25, 0.3) is 0 Å². The summed E-state index contributed by atoms with van der Waals surface area (Å²) in [6, 6.07) is 8.33. The molecule has 2 aromatic rings. The van der Waals surface area contributed by atoms with E-state index in [9.17, 15) is 9.50 Å². The van der Waals surface area contributed by atoms with Gasteiger partial charge in [-0.3, -0.25) is 0 Å². The van der Waals surface area contributed by atoms with Gasteiger partial charge in [-0.05, 0) is 31.2 Å². The molecule has 0 aliphatic heterocycles. The first-order chi connectivity index (χ1) is 6.66. The first-order valence-corrected chi connectivity index (χ1v) is 4.10. The van der Waals surface area contributed by atoms with Crippen LogP contribution in [0.4, 0.5) is 4.39 Å². The standard InChI is InChI=1S/C10H8FN2O/c1-7-6-10(14)13(12-7)9-4-2-8(11)3-5-9/h2-5,14H,1H3. The summed E-state index contributed by atoms with van der Waals surface area (Å²) >= 11 is 0. The van der Waals surface area contributed by atoms with Crippen molar-refractivity contribution in [2.45, 2.75) is 6.92 Å². The van der Waals surface area contributed by atoms with E-state index in [2.05, 4.69) is 11.2 Å². The van der Waals surface area contributed by atoms with E-state index in [1.165, 1.54) is 28.9 Å². The highest BCUT2D eigenvalue weighted by atomic mass is 19.1. The van der Waals surface area contributed by atoms with Crippen molar-refractivity contribution in [1.29, 1.82) is 0 Å². The van der Waals surface area contributed by atoms with Gasteiger partial charge in [-0.2, -0.15) is 5.10 Å². The monoisotopic (exact) mass is 191 g/mol. The maximum absolute atomic E-state index is 12.6. The van der Waals surface area contributed by atoms with Crippen LogP contribution in [0, 0.1) is 18.8 Å². The quantitative estimate of drug-likeness (QED) is 0.746. The van der Waals surface area contributed by atoms with E-state index in [0.717, 1.165) is 0 Å². The molecule has 71 valence electrons. The zero-order chi connectivity index (χ0) is 10.1. The third kappa shape index (κ3) is 1.46. The number of aromatic nitrogens is 2. The average molecular weight is 191 g/mol. The van der Waals surface area contributed by atoms with Gasteiger partial charge in [-0.1, -0.05) is 0 Å². The Bertz CT molecular complexity index is 448. The highest BCUT2D eigenvalue weighted by Crippen LogP contribution is 2.16. The average Bonchev–Trinajstić information content (AvgIpc) is 2.47. The number of aromatic hydroxyl groups is 1. The van der Waals surface area contributed by atoms with Gasteiger partial charge in [0, 0.05) is 0 Å². The molecule has 1 aromatic heterocycles. The minimum absolute atomic E-state index is 0.0749. The molecule has 0 saturated carbocycles. The number of aryl methyl sites for hydroxylation is 1. The maximum Gasteiger partial charge on any atom is 0.222 e. The van der Waals surface area contributed by atoms with E-state index < -0.39 is 0 Å². The Labute approximate surface area is 80.4 Å². The smallest absolute Gasteiger partial charge is 0.222 e. The third-order valence-corrected chi connectivity index (χ3v) is 1.81. The van der Waals surface area contributed by atoms with Crippen molar-refractivity contribution in [2.24, 2.45) is 0 Å². The van der Waals surface area contributed by atoms with Crippen molar-refractivity contribution in [3.8, 4) is 11.6 Å². The molecule has 0 saturated heterocycles. The van der Waals surface area contributed by atoms with Crippen LogP contribution in [0.2, 0.25) is 0 Å². The third-order valence-electron chi connectivity index (χ3n) is 1.81. The molecule has 2 rings (SSSR count). The molecule has 0 atom stereocenters. The fourth-order valence-electron chi connectivity index (χ4n) is 1.20. The van der Waals surface area contributed by atoms with Gasteiger partial charge in [-0.25, -0.2) is 9.07 Å². The second kappa shape index (κ2) is 3.14. The summed E-state index contributed by atoms with van der Waals surface area (Å²) < 4.78 is 13.9. The zero-order valence-electron chi connectivity index (χ0n) is 7.53. The molecular formula is C10H8FN2O. The van der Waals surface area contributed by atoms with Crippen LogP contribution in [0.3, 0.4) is 0 Å². The van der Waals surface area contributed by atoms with Crippen molar-refractivity contribution in [2.75, 3.05) is 0 Å². The van der Waals surface area contributed by atoms with Crippen LogP contribution in [0.25, 0.3) is 5.69 Å². The molecule has 1 N–H and O–H groups in total. The van der Waals surface area contributed by atoms with Crippen LogP contribution >= 0.6 is 0 Å². The lowest BCUT2D eigenvalue weighted by molar-refractivity contribution is 0.432. The van der Waals surface area contributed by atoms with E-state index in [4.69, 9.17) is 0 Å². The Hall–Kier alpha value is -1.84. The molecule has 1 heterocycles. The molecule has 0 aliphatic rings. The summed E-state index contributed by atoms with van der Waals surface area (Å²) in [6.07, 6.45) is 0. The lowest BCUT2D eigenvalue weighted by atomic mass is 10.3. The number of nitrogens with zero attached hydrogens (tertiary/aromatic N) is 2. The zero-order valence-corrected chi connectivity index (χ0v) is 7.53. The van der Waals surface area contributed by atoms with Gasteiger partial charge >= 0.3 is 0 Å². The Morgan fingerprint density at radius 1 is 1.36 bits per heavy atom. The molecule has 1 aromatic carbocycles. The minimum atomic E-state index is -0.318. The van der Waals surface area contributed by atoms with Crippen molar-refractivity contribution in [3.63, 3.8) is 0 Å². The minimum Gasteiger partial charge on any atom is -0.493 e. The number of rotatable bonds is 1. The molecule has 0 spiro atoms. The maximum atomic E-state index is 12.6. The molecule has 1 radical (unpaired) electrons. The van der Waals surface area contributed by atoms with Crippen LogP contribution in [0.15, 0.2) is 24.3 Å². The van der Waals surface area contributed by atoms with Crippen LogP contribution in [0.1, 0.15) is 5.69 Å². The lowest BCUT2D eigenvalue weighted by Crippen LogP contribution is -1.95. The van der Waals surface area contributed by atoms with E-state index in [-0.39, 0.29) is 11.7 Å². The molecule has 4 heteroatoms. The van der Waals surface area contributed by atoms with Crippen molar-refractivity contribution < 1.29 is 9.50 Å². The predicted molar refractivity (Wildman–Crippen MR) is 48.8 cm³/mol. The number of hydrogen-bond donors (Lipinski definition) is 1. The molecule has 0 fully saturated rings. The van der Waals surface area contributed by atoms with E-state index in [1.54, 1.807) is 6.92 Å². The van der Waals surface area contributed by atoms with Crippen LogP contribution in [-0.2, 0) is 0 Å². The molecule has 0 amide bonds. The largest absolute Gasteiger partial charge is 0.493 e. The Morgan fingerprint density at radius 2 is 2.00 bits per heavy atom. The molecule has 14 heavy (non-hydrogen) atoms. The van der Waals surface area contributed by atoms with Gasteiger partial charge < -0.3 is 5.11 Å². The first-order valence-electron chi connectivity index (χ1n) is 4.10. The summed E-state index contributed by atoms with van der Waals surface area (Å²) in [5, 5.41) is 13.4. The Kier molecular flexibility index (Phi) is 1.96. The Balaban J connectivity index is 2.49. The molecule has 3 nitrogen and oxygen atoms in total. The van der Waals surface area contributed by atoms with Crippen LogP contribution in [0.5, 0.6) is 5.88 Å². The highest BCUT2D eigenvalue weighted by Gasteiger charge is 2.05. The van der Waals surface area contributed by atoms with Gasteiger partial charge in [0.1, 0.15) is 5.82 Å². The first kappa shape index (κ1) is 8.74. The van der Waals surface area contributed by atoms with Crippen molar-refractivity contribution in [1.82, 2.24) is 9.78 Å². The van der Waals surface area contributed by atoms with Gasteiger partial charge in [-0.15, -0.1) is 0 Å². The number of hydrogen-bond acceptors (Lipinski definition) is 2. The second-order valence-corrected chi connectivity index (χ2v) is 2.92. The number of benzene rings is 1. The normalized spacial score (nSPS) is 10.4. The van der Waals surface area contributed by atoms with Gasteiger partial charge in [0.05, 0.1) is 17.4 Å². The summed E-state index contributed by atoms with van der Waals surface area (Å²) in [5.41, 5.74) is 1.19. The fraction of sp³-hybridized carbons (Fsp3) is 0.100. The molecule has 0 unspecified atom stereocenters. The van der Waals surface area contributed by atoms with Gasteiger partial charge in [0.15, 0.2) is 0 Å². The second-order valence-electron chi connectivity index (χ2n) is 2.92. The van der Waals surface area contributed by atoms with Crippen LogP contribution in [-0.4, -0.2) is 14.9 Å². The SMILES string of the molecule is Cc1[c]c(O)n(-c2ccc(F)cc2)n1. The molecular weight excluding hydrogens is 183 g/mol. The lowest BCUT2D eigenvalue weighted by Gasteiger charge is -2.01. The molecule has 0 aliphatic carbocycles. The van der Waals surface area contributed by atoms with Gasteiger partial charge in [0.2, 0.25) is 5.88 Å². The summed E-state index contributed by atoms with van der Waals surface area (Å²) in [7, 11) is 0. The summed E-state index contributed by atoms with van der Waals surface area (Å²) in [4.78, 5) is 0. The van der Waals surface area contributed by atoms with E-state index in [0.29, 0.717) is 11.4 Å². The van der Waals surface area contributed by atoms with Crippen molar-refractivity contribution >= 4 is 0 Å². The summed E-state index contributed by atoms with van der Waals surface area (Å²) in [5.74, 6) is -0.393. The van der Waals surface area contributed by atoms with Crippen molar-refractivity contribution in [3.05, 3.63) is 41.8 Å². The fourth-order valence-corrected chi connectivity index (χ4v) is 1.20. The Morgan fingerprint density at radius 3 is 2.50 bits per heavy atom.